The summed E-state index contributed by atoms with van der Waals surface area (Å²) >= 11 is 0. The van der Waals surface area contributed by atoms with Crippen LogP contribution in [0.2, 0.25) is 0 Å². The van der Waals surface area contributed by atoms with Gasteiger partial charge in [0, 0.05) is 36.0 Å². The highest BCUT2D eigenvalue weighted by Crippen LogP contribution is 2.33. The normalized spacial score (nSPS) is 16.5. The Kier molecular flexibility index (Phi) is 10.5. The minimum atomic E-state index is -3.36. The molecule has 2 N–H and O–H groups in total. The van der Waals surface area contributed by atoms with E-state index in [0.717, 1.165) is 12.1 Å². The molecule has 0 bridgehead atoms. The van der Waals surface area contributed by atoms with Crippen molar-refractivity contribution in [3.05, 3.63) is 58.9 Å². The Balaban J connectivity index is 0.00000226. The van der Waals surface area contributed by atoms with E-state index in [1.54, 1.807) is 24.3 Å². The fraction of sp³-hybridized carbons (Fsp3) is 0.414. The zero-order chi connectivity index (χ0) is 30.2. The van der Waals surface area contributed by atoms with E-state index in [2.05, 4.69) is 15.6 Å². The standard InChI is InChI=1S/C27H28F2N4O6.C2H6/c1-38-21-8-7-16(11-22(21)39-2)13-31-26(37)24(35)20-12-27(28,29)15-33(20)23(34)14-32-25(36)18-9-10-30-19-6-4-3-5-17(18)19;1-2/h3,5,7-11,20H,4,6,12-15H2,1-2H3,(H,31,37)(H,32,36);1-2H3. The number of aryl methyl sites for hydroxylation is 1. The maximum absolute atomic E-state index is 14.3. The minimum Gasteiger partial charge on any atom is -0.493 e. The lowest BCUT2D eigenvalue weighted by molar-refractivity contribution is -0.144. The van der Waals surface area contributed by atoms with Crippen molar-refractivity contribution < 1.29 is 37.4 Å². The summed E-state index contributed by atoms with van der Waals surface area (Å²) in [6.45, 7) is 2.27. The van der Waals surface area contributed by atoms with Crippen molar-refractivity contribution in [1.29, 1.82) is 0 Å². The molecule has 0 spiro atoms. The molecule has 2 aliphatic rings. The fourth-order valence-electron chi connectivity index (χ4n) is 4.60. The zero-order valence-corrected chi connectivity index (χ0v) is 23.5. The molecule has 1 aliphatic heterocycles. The Bertz CT molecular complexity index is 1330. The van der Waals surface area contributed by atoms with Crippen LogP contribution >= 0.6 is 0 Å². The van der Waals surface area contributed by atoms with Gasteiger partial charge in [-0.25, -0.2) is 8.78 Å². The van der Waals surface area contributed by atoms with E-state index in [-0.39, 0.29) is 6.54 Å². The topological polar surface area (TPSA) is 127 Å². The van der Waals surface area contributed by atoms with Gasteiger partial charge in [-0.2, -0.15) is 0 Å². The lowest BCUT2D eigenvalue weighted by Gasteiger charge is -2.23. The number of hydrogen-bond donors (Lipinski definition) is 2. The molecular weight excluding hydrogens is 538 g/mol. The van der Waals surface area contributed by atoms with Gasteiger partial charge in [0.25, 0.3) is 17.7 Å². The molecule has 1 aromatic carbocycles. The number of methoxy groups -OCH3 is 2. The summed E-state index contributed by atoms with van der Waals surface area (Å²) in [5.74, 6) is -6.23. The Morgan fingerprint density at radius 1 is 1.07 bits per heavy atom. The fourth-order valence-corrected chi connectivity index (χ4v) is 4.60. The van der Waals surface area contributed by atoms with Crippen LogP contribution in [0.15, 0.2) is 36.5 Å². The van der Waals surface area contributed by atoms with Crippen molar-refractivity contribution in [1.82, 2.24) is 20.5 Å². The zero-order valence-electron chi connectivity index (χ0n) is 23.5. The number of alkyl halides is 2. The summed E-state index contributed by atoms with van der Waals surface area (Å²) in [6, 6.07) is 4.71. The summed E-state index contributed by atoms with van der Waals surface area (Å²) in [5, 5.41) is 4.84. The van der Waals surface area contributed by atoms with Crippen LogP contribution in [0.3, 0.4) is 0 Å². The van der Waals surface area contributed by atoms with E-state index >= 15 is 0 Å². The Morgan fingerprint density at radius 2 is 1.80 bits per heavy atom. The third-order valence-electron chi connectivity index (χ3n) is 6.57. The maximum Gasteiger partial charge on any atom is 0.289 e. The second-order valence-corrected chi connectivity index (χ2v) is 9.18. The molecule has 1 fully saturated rings. The highest BCUT2D eigenvalue weighted by Gasteiger charge is 2.51. The first-order valence-electron chi connectivity index (χ1n) is 13.3. The third kappa shape index (κ3) is 7.44. The number of aromatic nitrogens is 1. The number of ether oxygens (including phenoxy) is 2. The predicted molar refractivity (Wildman–Crippen MR) is 147 cm³/mol. The van der Waals surface area contributed by atoms with Gasteiger partial charge in [0.1, 0.15) is 6.04 Å². The number of rotatable bonds is 9. The molecule has 3 amide bonds. The average Bonchev–Trinajstić information content (AvgIpc) is 3.33. The number of amides is 3. The average molecular weight is 573 g/mol. The molecule has 2 aromatic rings. The smallest absolute Gasteiger partial charge is 0.289 e. The predicted octanol–water partition coefficient (Wildman–Crippen LogP) is 2.94. The van der Waals surface area contributed by atoms with Crippen molar-refractivity contribution in [3.63, 3.8) is 0 Å². The number of nitrogens with one attached hydrogen (secondary N) is 2. The number of halogens is 2. The Labute approximate surface area is 237 Å². The number of carbonyl (C=O) groups excluding carboxylic acids is 4. The summed E-state index contributed by atoms with van der Waals surface area (Å²) in [7, 11) is 2.91. The molecule has 220 valence electrons. The number of carbonyl (C=O) groups is 4. The quantitative estimate of drug-likeness (QED) is 0.443. The highest BCUT2D eigenvalue weighted by atomic mass is 19.3. The van der Waals surface area contributed by atoms with E-state index in [1.807, 2.05) is 19.9 Å². The number of fused-ring (bicyclic) bond motifs is 1. The first-order chi connectivity index (χ1) is 19.6. The van der Waals surface area contributed by atoms with E-state index < -0.39 is 55.0 Å². The number of hydrogen-bond acceptors (Lipinski definition) is 7. The number of likely N-dealkylation sites (tertiary alicyclic amines) is 1. The molecule has 4 rings (SSSR count). The summed E-state index contributed by atoms with van der Waals surface area (Å²) in [4.78, 5) is 55.9. The molecule has 1 atom stereocenters. The summed E-state index contributed by atoms with van der Waals surface area (Å²) in [6.07, 6.45) is 5.66. The molecule has 1 saturated heterocycles. The maximum atomic E-state index is 14.3. The van der Waals surface area contributed by atoms with Gasteiger partial charge in [-0.1, -0.05) is 32.1 Å². The molecule has 2 heterocycles. The number of ketones is 1. The van der Waals surface area contributed by atoms with Crippen LogP contribution in [0.4, 0.5) is 8.78 Å². The molecule has 0 radical (unpaired) electrons. The Hall–Kier alpha value is -4.35. The van der Waals surface area contributed by atoms with Crippen LogP contribution in [0, 0.1) is 0 Å². The van der Waals surface area contributed by atoms with Gasteiger partial charge in [0.15, 0.2) is 11.5 Å². The van der Waals surface area contributed by atoms with Crippen LogP contribution in [0.25, 0.3) is 6.08 Å². The van der Waals surface area contributed by atoms with Crippen molar-refractivity contribution in [2.75, 3.05) is 27.3 Å². The van der Waals surface area contributed by atoms with Crippen LogP contribution in [0.5, 0.6) is 11.5 Å². The number of allylic oxidation sites excluding steroid dienone is 1. The Morgan fingerprint density at radius 3 is 2.51 bits per heavy atom. The monoisotopic (exact) mass is 572 g/mol. The van der Waals surface area contributed by atoms with Gasteiger partial charge in [0.2, 0.25) is 11.7 Å². The number of nitrogens with zero attached hydrogens (tertiary/aromatic N) is 2. The minimum absolute atomic E-state index is 0.0806. The first-order valence-corrected chi connectivity index (χ1v) is 13.3. The second kappa shape index (κ2) is 13.8. The molecule has 12 heteroatoms. The molecule has 10 nitrogen and oxygen atoms in total. The van der Waals surface area contributed by atoms with E-state index in [1.165, 1.54) is 26.5 Å². The van der Waals surface area contributed by atoms with E-state index in [0.29, 0.717) is 39.5 Å². The summed E-state index contributed by atoms with van der Waals surface area (Å²) in [5.41, 5.74) is 2.27. The molecular formula is C29H34F2N4O6. The lowest BCUT2D eigenvalue weighted by atomic mass is 9.98. The SMILES string of the molecule is CC.COc1ccc(CNC(=O)C(=O)C2CC(F)(F)CN2C(=O)CNC(=O)c2ccnc3c2C=CCC3)cc1OC. The van der Waals surface area contributed by atoms with Crippen LogP contribution < -0.4 is 20.1 Å². The molecule has 1 unspecified atom stereocenters. The van der Waals surface area contributed by atoms with Crippen molar-refractivity contribution in [3.8, 4) is 11.5 Å². The summed E-state index contributed by atoms with van der Waals surface area (Å²) < 4.78 is 38.9. The molecule has 41 heavy (non-hydrogen) atoms. The van der Waals surface area contributed by atoms with Crippen molar-refractivity contribution >= 4 is 29.6 Å². The van der Waals surface area contributed by atoms with Crippen LogP contribution in [-0.4, -0.2) is 72.7 Å². The second-order valence-electron chi connectivity index (χ2n) is 9.18. The van der Waals surface area contributed by atoms with Gasteiger partial charge in [-0.15, -0.1) is 0 Å². The van der Waals surface area contributed by atoms with E-state index in [4.69, 9.17) is 9.47 Å². The van der Waals surface area contributed by atoms with Crippen molar-refractivity contribution in [2.24, 2.45) is 0 Å². The van der Waals surface area contributed by atoms with E-state index in [9.17, 15) is 28.0 Å². The van der Waals surface area contributed by atoms with Crippen LogP contribution in [-0.2, 0) is 27.3 Å². The molecule has 1 aromatic heterocycles. The largest absolute Gasteiger partial charge is 0.493 e. The molecule has 1 aliphatic carbocycles. The number of Topliss-reactive ketones (excluding diaryl/α,β-unsaturated/α-hetero) is 1. The third-order valence-corrected chi connectivity index (χ3v) is 6.57. The first kappa shape index (κ1) is 31.2. The lowest BCUT2D eigenvalue weighted by Crippen LogP contribution is -2.49. The molecule has 0 saturated carbocycles. The van der Waals surface area contributed by atoms with Crippen LogP contribution in [0.1, 0.15) is 53.9 Å². The van der Waals surface area contributed by atoms with Gasteiger partial charge >= 0.3 is 0 Å². The van der Waals surface area contributed by atoms with Crippen molar-refractivity contribution in [2.45, 2.75) is 51.6 Å². The van der Waals surface area contributed by atoms with Gasteiger partial charge in [-0.05, 0) is 36.6 Å². The number of benzene rings is 1. The van der Waals surface area contributed by atoms with Gasteiger partial charge in [-0.3, -0.25) is 24.2 Å². The van der Waals surface area contributed by atoms with Gasteiger partial charge < -0.3 is 25.0 Å². The highest BCUT2D eigenvalue weighted by molar-refractivity contribution is 6.38. The number of pyridine rings is 1. The van der Waals surface area contributed by atoms with Gasteiger partial charge in [0.05, 0.1) is 27.3 Å².